The molecule has 0 atom stereocenters. The second-order valence-electron chi connectivity index (χ2n) is 4.76. The summed E-state index contributed by atoms with van der Waals surface area (Å²) in [4.78, 5) is 0.239. The van der Waals surface area contributed by atoms with Crippen molar-refractivity contribution in [2.75, 3.05) is 6.54 Å². The predicted octanol–water partition coefficient (Wildman–Crippen LogP) is 1.90. The van der Waals surface area contributed by atoms with E-state index in [-0.39, 0.29) is 9.92 Å². The van der Waals surface area contributed by atoms with Crippen LogP contribution in [0.2, 0.25) is 0 Å². The van der Waals surface area contributed by atoms with Crippen LogP contribution in [0.15, 0.2) is 58.5 Å². The van der Waals surface area contributed by atoms with Crippen LogP contribution in [-0.4, -0.2) is 25.2 Å². The van der Waals surface area contributed by atoms with E-state index in [2.05, 4.69) is 10.2 Å². The number of H-pyrrole nitrogens is 1. The minimum absolute atomic E-state index is 0.0579. The molecule has 3 aromatic rings. The van der Waals surface area contributed by atoms with E-state index >= 15 is 0 Å². The minimum Gasteiger partial charge on any atom is -0.330 e. The van der Waals surface area contributed by atoms with E-state index in [9.17, 15) is 8.42 Å². The number of rotatable bonds is 4. The summed E-state index contributed by atoms with van der Waals surface area (Å²) in [6.07, 6.45) is 0.700. The Balaban J connectivity index is 2.18. The van der Waals surface area contributed by atoms with Crippen LogP contribution in [0, 0.1) is 0 Å². The molecule has 5 nitrogen and oxygen atoms in total. The van der Waals surface area contributed by atoms with Crippen LogP contribution in [0.3, 0.4) is 0 Å². The first-order chi connectivity index (χ1) is 10.1. The van der Waals surface area contributed by atoms with E-state index in [4.69, 9.17) is 5.73 Å². The lowest BCUT2D eigenvalue weighted by Crippen LogP contribution is -2.04. The van der Waals surface area contributed by atoms with Crippen LogP contribution in [-0.2, 0) is 16.3 Å². The highest BCUT2D eigenvalue weighted by Gasteiger charge is 2.23. The van der Waals surface area contributed by atoms with E-state index in [1.807, 2.05) is 18.2 Å². The number of hydrogen-bond acceptors (Lipinski definition) is 4. The molecule has 0 unspecified atom stereocenters. The molecule has 3 N–H and O–H groups in total. The molecule has 6 heteroatoms. The molecule has 0 spiro atoms. The third kappa shape index (κ3) is 2.43. The van der Waals surface area contributed by atoms with Gasteiger partial charge in [-0.2, -0.15) is 5.10 Å². The molecule has 3 rings (SSSR count). The van der Waals surface area contributed by atoms with Gasteiger partial charge in [-0.05, 0) is 42.8 Å². The van der Waals surface area contributed by atoms with Gasteiger partial charge in [0.1, 0.15) is 0 Å². The maximum Gasteiger partial charge on any atom is 0.226 e. The molecule has 0 aliphatic carbocycles. The molecule has 21 heavy (non-hydrogen) atoms. The Hall–Kier alpha value is -2.18. The van der Waals surface area contributed by atoms with Crippen molar-refractivity contribution >= 4 is 20.7 Å². The Bertz CT molecular complexity index is 870. The van der Waals surface area contributed by atoms with Gasteiger partial charge < -0.3 is 5.73 Å². The summed E-state index contributed by atoms with van der Waals surface area (Å²) < 4.78 is 25.3. The van der Waals surface area contributed by atoms with Crippen molar-refractivity contribution in [1.82, 2.24) is 10.2 Å². The van der Waals surface area contributed by atoms with Crippen molar-refractivity contribution in [1.29, 1.82) is 0 Å². The molecule has 108 valence electrons. The summed E-state index contributed by atoms with van der Waals surface area (Å²) in [6.45, 7) is 0.518. The van der Waals surface area contributed by atoms with Gasteiger partial charge in [0.15, 0.2) is 5.03 Å². The molecule has 0 amide bonds. The van der Waals surface area contributed by atoms with E-state index in [1.165, 1.54) is 0 Å². The van der Waals surface area contributed by atoms with E-state index in [0.717, 1.165) is 5.56 Å². The third-order valence-electron chi connectivity index (χ3n) is 3.33. The van der Waals surface area contributed by atoms with Gasteiger partial charge in [0, 0.05) is 5.39 Å². The van der Waals surface area contributed by atoms with E-state index in [1.54, 1.807) is 30.3 Å². The maximum atomic E-state index is 12.7. The molecule has 0 saturated carbocycles. The summed E-state index contributed by atoms with van der Waals surface area (Å²) in [7, 11) is -3.63. The van der Waals surface area contributed by atoms with Gasteiger partial charge in [-0.25, -0.2) is 8.42 Å². The fourth-order valence-corrected chi connectivity index (χ4v) is 3.64. The highest BCUT2D eigenvalue weighted by Crippen LogP contribution is 2.26. The second kappa shape index (κ2) is 5.31. The minimum atomic E-state index is -3.63. The topological polar surface area (TPSA) is 88.8 Å². The first-order valence-electron chi connectivity index (χ1n) is 6.60. The largest absolute Gasteiger partial charge is 0.330 e. The van der Waals surface area contributed by atoms with Gasteiger partial charge in [-0.3, -0.25) is 5.10 Å². The smallest absolute Gasteiger partial charge is 0.226 e. The quantitative estimate of drug-likeness (QED) is 0.770. The Morgan fingerprint density at radius 1 is 1.10 bits per heavy atom. The number of nitrogens with zero attached hydrogens (tertiary/aromatic N) is 1. The Kier molecular flexibility index (Phi) is 3.48. The van der Waals surface area contributed by atoms with E-state index < -0.39 is 9.84 Å². The predicted molar refractivity (Wildman–Crippen MR) is 80.7 cm³/mol. The fourth-order valence-electron chi connectivity index (χ4n) is 2.28. The SMILES string of the molecule is NCCc1ccc2[nH]nc(S(=O)(=O)c3ccccc3)c2c1. The molecule has 1 heterocycles. The standard InChI is InChI=1S/C15H15N3O2S/c16-9-8-11-6-7-14-13(10-11)15(18-17-14)21(19,20)12-4-2-1-3-5-12/h1-7,10H,8-9,16H2,(H,17,18). The average molecular weight is 301 g/mol. The zero-order valence-corrected chi connectivity index (χ0v) is 12.1. The molecule has 1 aromatic heterocycles. The van der Waals surface area contributed by atoms with Crippen LogP contribution in [0.5, 0.6) is 0 Å². The highest BCUT2D eigenvalue weighted by atomic mass is 32.2. The van der Waals surface area contributed by atoms with Gasteiger partial charge in [0.25, 0.3) is 0 Å². The van der Waals surface area contributed by atoms with Gasteiger partial charge in [0.2, 0.25) is 9.84 Å². The molecule has 0 aliphatic heterocycles. The van der Waals surface area contributed by atoms with Crippen molar-refractivity contribution in [3.8, 4) is 0 Å². The van der Waals surface area contributed by atoms with Crippen molar-refractivity contribution in [2.24, 2.45) is 5.73 Å². The van der Waals surface area contributed by atoms with Crippen molar-refractivity contribution in [3.63, 3.8) is 0 Å². The summed E-state index contributed by atoms with van der Waals surface area (Å²) in [5.41, 5.74) is 7.25. The molecule has 0 fully saturated rings. The molecule has 2 aromatic carbocycles. The second-order valence-corrected chi connectivity index (χ2v) is 6.63. The highest BCUT2D eigenvalue weighted by molar-refractivity contribution is 7.91. The van der Waals surface area contributed by atoms with Crippen molar-refractivity contribution in [2.45, 2.75) is 16.3 Å². The third-order valence-corrected chi connectivity index (χ3v) is 5.05. The Morgan fingerprint density at radius 3 is 2.57 bits per heavy atom. The summed E-state index contributed by atoms with van der Waals surface area (Å²) in [6, 6.07) is 13.9. The molecule has 0 saturated heterocycles. The molecule has 0 aliphatic rings. The average Bonchev–Trinajstić information content (AvgIpc) is 2.92. The van der Waals surface area contributed by atoms with Crippen LogP contribution in [0.25, 0.3) is 10.9 Å². The number of sulfone groups is 1. The Morgan fingerprint density at radius 2 is 1.86 bits per heavy atom. The van der Waals surface area contributed by atoms with E-state index in [0.29, 0.717) is 23.9 Å². The molecular weight excluding hydrogens is 286 g/mol. The summed E-state index contributed by atoms with van der Waals surface area (Å²) in [5, 5.41) is 7.43. The molecular formula is C15H15N3O2S. The number of hydrogen-bond donors (Lipinski definition) is 2. The number of nitrogens with two attached hydrogens (primary N) is 1. The number of aromatic nitrogens is 2. The zero-order valence-electron chi connectivity index (χ0n) is 11.3. The van der Waals surface area contributed by atoms with Crippen molar-refractivity contribution in [3.05, 3.63) is 54.1 Å². The fraction of sp³-hybridized carbons (Fsp3) is 0.133. The van der Waals surface area contributed by atoms with Crippen LogP contribution in [0.1, 0.15) is 5.56 Å². The van der Waals surface area contributed by atoms with Gasteiger partial charge in [-0.15, -0.1) is 0 Å². The van der Waals surface area contributed by atoms with Gasteiger partial charge in [-0.1, -0.05) is 24.3 Å². The lowest BCUT2D eigenvalue weighted by molar-refractivity contribution is 0.593. The number of benzene rings is 2. The lowest BCUT2D eigenvalue weighted by atomic mass is 10.1. The number of aromatic amines is 1. The monoisotopic (exact) mass is 301 g/mol. The first-order valence-corrected chi connectivity index (χ1v) is 8.08. The summed E-state index contributed by atoms with van der Waals surface area (Å²) in [5.74, 6) is 0. The van der Waals surface area contributed by atoms with Crippen molar-refractivity contribution < 1.29 is 8.42 Å². The van der Waals surface area contributed by atoms with Crippen LogP contribution < -0.4 is 5.73 Å². The lowest BCUT2D eigenvalue weighted by Gasteiger charge is -2.03. The normalized spacial score (nSPS) is 11.9. The Labute approximate surface area is 122 Å². The van der Waals surface area contributed by atoms with Gasteiger partial charge >= 0.3 is 0 Å². The summed E-state index contributed by atoms with van der Waals surface area (Å²) >= 11 is 0. The molecule has 0 radical (unpaired) electrons. The van der Waals surface area contributed by atoms with Crippen LogP contribution in [0.4, 0.5) is 0 Å². The first kappa shape index (κ1) is 13.8. The maximum absolute atomic E-state index is 12.7. The zero-order chi connectivity index (χ0) is 14.9. The number of nitrogens with one attached hydrogen (secondary N) is 1. The molecule has 0 bridgehead atoms. The number of fused-ring (bicyclic) bond motifs is 1. The van der Waals surface area contributed by atoms with Gasteiger partial charge in [0.05, 0.1) is 10.4 Å². The van der Waals surface area contributed by atoms with Crippen LogP contribution >= 0.6 is 0 Å².